The van der Waals surface area contributed by atoms with Crippen molar-refractivity contribution < 1.29 is 19.1 Å². The third-order valence-electron chi connectivity index (χ3n) is 3.77. The summed E-state index contributed by atoms with van der Waals surface area (Å²) in [7, 11) is 0. The van der Waals surface area contributed by atoms with Crippen molar-refractivity contribution in [2.24, 2.45) is 0 Å². The van der Waals surface area contributed by atoms with E-state index in [1.54, 1.807) is 30.3 Å². The van der Waals surface area contributed by atoms with Crippen LogP contribution in [-0.4, -0.2) is 23.3 Å². The van der Waals surface area contributed by atoms with Crippen LogP contribution in [0.4, 0.5) is 5.69 Å². The van der Waals surface area contributed by atoms with Gasteiger partial charge in [0.25, 0.3) is 5.91 Å². The first-order valence-electron chi connectivity index (χ1n) is 6.78. The Morgan fingerprint density at radius 2 is 2.05 bits per heavy atom. The Morgan fingerprint density at radius 3 is 2.71 bits per heavy atom. The van der Waals surface area contributed by atoms with Crippen molar-refractivity contribution >= 4 is 17.4 Å². The van der Waals surface area contributed by atoms with Gasteiger partial charge in [0, 0.05) is 12.1 Å². The van der Waals surface area contributed by atoms with Crippen LogP contribution in [0.3, 0.4) is 0 Å². The summed E-state index contributed by atoms with van der Waals surface area (Å²) in [6.45, 7) is 2.27. The largest absolute Gasteiger partial charge is 0.461 e. The number of hydrogen-bond donors (Lipinski definition) is 1. The predicted octanol–water partition coefficient (Wildman–Crippen LogP) is 2.11. The van der Waals surface area contributed by atoms with E-state index in [1.807, 2.05) is 6.92 Å². The summed E-state index contributed by atoms with van der Waals surface area (Å²) in [5, 5.41) is 10.8. The number of aliphatic hydroxyl groups is 1. The van der Waals surface area contributed by atoms with E-state index >= 15 is 0 Å². The number of amides is 1. The number of para-hydroxylation sites is 1. The maximum atomic E-state index is 12.5. The number of rotatable bonds is 4. The lowest BCUT2D eigenvalue weighted by Gasteiger charge is -2.21. The second kappa shape index (κ2) is 4.86. The maximum absolute atomic E-state index is 12.5. The molecule has 2 heterocycles. The fourth-order valence-electron chi connectivity index (χ4n) is 2.75. The number of benzene rings is 1. The molecular formula is C16H15NO4. The summed E-state index contributed by atoms with van der Waals surface area (Å²) in [5.41, 5.74) is -0.701. The molecule has 1 aromatic heterocycles. The number of likely N-dealkylation sites (N-methyl/N-ethyl adjacent to an activating group) is 1. The molecule has 5 heteroatoms. The van der Waals surface area contributed by atoms with Crippen LogP contribution in [0.5, 0.6) is 0 Å². The van der Waals surface area contributed by atoms with Crippen LogP contribution >= 0.6 is 0 Å². The molecule has 1 aliphatic heterocycles. The third-order valence-corrected chi connectivity index (χ3v) is 3.77. The quantitative estimate of drug-likeness (QED) is 0.873. The van der Waals surface area contributed by atoms with Crippen molar-refractivity contribution in [2.75, 3.05) is 11.4 Å². The van der Waals surface area contributed by atoms with E-state index in [1.165, 1.54) is 17.2 Å². The predicted molar refractivity (Wildman–Crippen MR) is 76.0 cm³/mol. The zero-order chi connectivity index (χ0) is 15.0. The van der Waals surface area contributed by atoms with Crippen LogP contribution in [0.2, 0.25) is 0 Å². The van der Waals surface area contributed by atoms with Gasteiger partial charge in [0.15, 0.2) is 11.4 Å². The monoisotopic (exact) mass is 285 g/mol. The molecule has 0 aliphatic carbocycles. The topological polar surface area (TPSA) is 70.8 Å². The maximum Gasteiger partial charge on any atom is 0.264 e. The van der Waals surface area contributed by atoms with Gasteiger partial charge in [-0.15, -0.1) is 0 Å². The number of ketones is 1. The van der Waals surface area contributed by atoms with Crippen molar-refractivity contribution in [3.05, 3.63) is 54.0 Å². The second-order valence-electron chi connectivity index (χ2n) is 5.00. The lowest BCUT2D eigenvalue weighted by atomic mass is 9.89. The van der Waals surface area contributed by atoms with Gasteiger partial charge in [-0.25, -0.2) is 0 Å². The molecule has 0 radical (unpaired) electrons. The number of furan rings is 1. The molecule has 0 bridgehead atoms. The van der Waals surface area contributed by atoms with Gasteiger partial charge in [0.1, 0.15) is 0 Å². The Morgan fingerprint density at radius 1 is 1.29 bits per heavy atom. The molecular weight excluding hydrogens is 270 g/mol. The Kier molecular flexibility index (Phi) is 3.14. The lowest BCUT2D eigenvalue weighted by molar-refractivity contribution is -0.135. The summed E-state index contributed by atoms with van der Waals surface area (Å²) in [6.07, 6.45) is 1.06. The smallest absolute Gasteiger partial charge is 0.264 e. The normalized spacial score (nSPS) is 20.7. The first kappa shape index (κ1) is 13.6. The zero-order valence-electron chi connectivity index (χ0n) is 11.6. The van der Waals surface area contributed by atoms with Gasteiger partial charge < -0.3 is 14.4 Å². The molecule has 108 valence electrons. The van der Waals surface area contributed by atoms with E-state index in [4.69, 9.17) is 4.42 Å². The zero-order valence-corrected chi connectivity index (χ0v) is 11.6. The lowest BCUT2D eigenvalue weighted by Crippen LogP contribution is -2.41. The highest BCUT2D eigenvalue weighted by molar-refractivity contribution is 6.10. The van der Waals surface area contributed by atoms with Crippen LogP contribution in [-0.2, 0) is 10.4 Å². The molecule has 1 aliphatic rings. The number of fused-ring (bicyclic) bond motifs is 1. The van der Waals surface area contributed by atoms with Gasteiger partial charge in [-0.2, -0.15) is 0 Å². The van der Waals surface area contributed by atoms with E-state index in [0.29, 0.717) is 17.8 Å². The van der Waals surface area contributed by atoms with Crippen molar-refractivity contribution in [2.45, 2.75) is 18.9 Å². The molecule has 3 rings (SSSR count). The molecule has 0 fully saturated rings. The van der Waals surface area contributed by atoms with Gasteiger partial charge in [0.2, 0.25) is 5.78 Å². The van der Waals surface area contributed by atoms with Gasteiger partial charge in [-0.3, -0.25) is 9.59 Å². The summed E-state index contributed by atoms with van der Waals surface area (Å²) < 4.78 is 5.04. The number of carbonyl (C=O) groups is 2. The SMILES string of the molecule is CCN1C(=O)C(O)(CC(=O)c2ccco2)c2ccccc21. The number of anilines is 1. The van der Waals surface area contributed by atoms with Crippen LogP contribution in [0.25, 0.3) is 0 Å². The fourth-order valence-corrected chi connectivity index (χ4v) is 2.75. The molecule has 0 saturated heterocycles. The summed E-state index contributed by atoms with van der Waals surface area (Å²) in [6, 6.07) is 10.1. The van der Waals surface area contributed by atoms with E-state index < -0.39 is 17.3 Å². The van der Waals surface area contributed by atoms with Crippen molar-refractivity contribution in [1.82, 2.24) is 0 Å². The number of carbonyl (C=O) groups excluding carboxylic acids is 2. The Balaban J connectivity index is 2.00. The summed E-state index contributed by atoms with van der Waals surface area (Å²) in [4.78, 5) is 26.2. The van der Waals surface area contributed by atoms with Crippen LogP contribution in [0, 0.1) is 0 Å². The molecule has 1 atom stereocenters. The minimum Gasteiger partial charge on any atom is -0.461 e. The standard InChI is InChI=1S/C16H15NO4/c1-2-17-12-7-4-3-6-11(12)16(20,15(17)19)10-13(18)14-8-5-9-21-14/h3-9,20H,2,10H2,1H3. The van der Waals surface area contributed by atoms with E-state index in [2.05, 4.69) is 0 Å². The van der Waals surface area contributed by atoms with Crippen LogP contribution in [0.15, 0.2) is 47.1 Å². The molecule has 0 spiro atoms. The highest BCUT2D eigenvalue weighted by Crippen LogP contribution is 2.42. The third kappa shape index (κ3) is 1.97. The molecule has 1 aromatic carbocycles. The summed E-state index contributed by atoms with van der Waals surface area (Å²) >= 11 is 0. The van der Waals surface area contributed by atoms with E-state index in [-0.39, 0.29) is 12.2 Å². The van der Waals surface area contributed by atoms with Crippen LogP contribution < -0.4 is 4.90 Å². The number of Topliss-reactive ketones (excluding diaryl/α,β-unsaturated/α-hetero) is 1. The second-order valence-corrected chi connectivity index (χ2v) is 5.00. The average Bonchev–Trinajstić information content (AvgIpc) is 3.08. The molecule has 0 saturated carbocycles. The van der Waals surface area contributed by atoms with Gasteiger partial charge in [-0.05, 0) is 25.1 Å². The van der Waals surface area contributed by atoms with E-state index in [0.717, 1.165) is 0 Å². The highest BCUT2D eigenvalue weighted by Gasteiger charge is 2.50. The molecule has 1 amide bonds. The molecule has 1 unspecified atom stereocenters. The Bertz CT molecular complexity index is 692. The highest BCUT2D eigenvalue weighted by atomic mass is 16.3. The number of nitrogens with zero attached hydrogens (tertiary/aromatic N) is 1. The minimum atomic E-state index is -1.82. The van der Waals surface area contributed by atoms with Gasteiger partial charge >= 0.3 is 0 Å². The Hall–Kier alpha value is -2.40. The van der Waals surface area contributed by atoms with Crippen LogP contribution in [0.1, 0.15) is 29.5 Å². The molecule has 5 nitrogen and oxygen atoms in total. The first-order chi connectivity index (χ1) is 10.1. The fraction of sp³-hybridized carbons (Fsp3) is 0.250. The van der Waals surface area contributed by atoms with Gasteiger partial charge in [0.05, 0.1) is 18.4 Å². The average molecular weight is 285 g/mol. The molecule has 2 aromatic rings. The molecule has 1 N–H and O–H groups in total. The molecule has 21 heavy (non-hydrogen) atoms. The minimum absolute atomic E-state index is 0.142. The number of hydrogen-bond acceptors (Lipinski definition) is 4. The summed E-state index contributed by atoms with van der Waals surface area (Å²) in [5.74, 6) is -0.724. The van der Waals surface area contributed by atoms with Crippen molar-refractivity contribution in [1.29, 1.82) is 0 Å². The first-order valence-corrected chi connectivity index (χ1v) is 6.78. The Labute approximate surface area is 121 Å². The van der Waals surface area contributed by atoms with Gasteiger partial charge in [-0.1, -0.05) is 18.2 Å². The van der Waals surface area contributed by atoms with E-state index in [9.17, 15) is 14.7 Å². The van der Waals surface area contributed by atoms with Crippen molar-refractivity contribution in [3.63, 3.8) is 0 Å². The van der Waals surface area contributed by atoms with Crippen molar-refractivity contribution in [3.8, 4) is 0 Å².